The van der Waals surface area contributed by atoms with Crippen LogP contribution in [-0.4, -0.2) is 26.2 Å². The second-order valence-electron chi connectivity index (χ2n) is 4.41. The molecule has 15 heavy (non-hydrogen) atoms. The quantitative estimate of drug-likeness (QED) is 0.677. The van der Waals surface area contributed by atoms with Crippen molar-refractivity contribution in [1.82, 2.24) is 5.32 Å². The van der Waals surface area contributed by atoms with Crippen molar-refractivity contribution in [2.24, 2.45) is 11.3 Å². The summed E-state index contributed by atoms with van der Waals surface area (Å²) in [5.74, 6) is 0.168. The number of methoxy groups -OCH3 is 1. The lowest BCUT2D eigenvalue weighted by atomic mass is 9.59. The van der Waals surface area contributed by atoms with Crippen LogP contribution in [0.5, 0.6) is 0 Å². The Morgan fingerprint density at radius 1 is 1.40 bits per heavy atom. The van der Waals surface area contributed by atoms with Crippen LogP contribution in [0.1, 0.15) is 39.5 Å². The van der Waals surface area contributed by atoms with E-state index in [1.54, 1.807) is 0 Å². The van der Waals surface area contributed by atoms with Gasteiger partial charge in [-0.15, -0.1) is 0 Å². The first-order chi connectivity index (χ1) is 7.26. The molecule has 2 fully saturated rings. The van der Waals surface area contributed by atoms with Crippen molar-refractivity contribution in [3.63, 3.8) is 0 Å². The molecular formula is C12H23NO2. The summed E-state index contributed by atoms with van der Waals surface area (Å²) in [6.07, 6.45) is 4.61. The van der Waals surface area contributed by atoms with E-state index in [0.29, 0.717) is 5.41 Å². The molecule has 1 aliphatic heterocycles. The predicted molar refractivity (Wildman–Crippen MR) is 60.6 cm³/mol. The normalized spacial score (nSPS) is 33.7. The summed E-state index contributed by atoms with van der Waals surface area (Å²) in [6.45, 7) is 6.24. The lowest BCUT2D eigenvalue weighted by Gasteiger charge is -2.49. The fourth-order valence-electron chi connectivity index (χ4n) is 2.70. The maximum atomic E-state index is 11.2. The summed E-state index contributed by atoms with van der Waals surface area (Å²) < 4.78 is 4.73. The van der Waals surface area contributed by atoms with Gasteiger partial charge in [-0.1, -0.05) is 13.8 Å². The van der Waals surface area contributed by atoms with Crippen LogP contribution in [-0.2, 0) is 9.53 Å². The summed E-state index contributed by atoms with van der Waals surface area (Å²) in [7, 11) is 1.48. The molecule has 3 nitrogen and oxygen atoms in total. The van der Waals surface area contributed by atoms with Gasteiger partial charge >= 0.3 is 5.97 Å². The third-order valence-corrected chi connectivity index (χ3v) is 3.45. The van der Waals surface area contributed by atoms with Gasteiger partial charge in [0.05, 0.1) is 13.0 Å². The lowest BCUT2D eigenvalue weighted by Crippen LogP contribution is -2.50. The number of esters is 1. The van der Waals surface area contributed by atoms with E-state index in [4.69, 9.17) is 4.74 Å². The van der Waals surface area contributed by atoms with E-state index in [1.165, 1.54) is 20.0 Å². The third-order valence-electron chi connectivity index (χ3n) is 3.45. The van der Waals surface area contributed by atoms with Crippen molar-refractivity contribution in [2.75, 3.05) is 20.2 Å². The molecule has 2 aliphatic rings. The molecule has 0 unspecified atom stereocenters. The number of carbonyl (C=O) groups is 1. The Hall–Kier alpha value is -0.570. The van der Waals surface area contributed by atoms with Gasteiger partial charge in [0.1, 0.15) is 0 Å². The zero-order valence-corrected chi connectivity index (χ0v) is 10.1. The molecule has 1 N–H and O–H groups in total. The SMILES string of the molecule is CC.COC(=O)C1CC2(CCCNC2)C1. The van der Waals surface area contributed by atoms with E-state index in [0.717, 1.165) is 25.9 Å². The molecule has 3 heteroatoms. The van der Waals surface area contributed by atoms with Crippen molar-refractivity contribution in [2.45, 2.75) is 39.5 Å². The van der Waals surface area contributed by atoms with E-state index >= 15 is 0 Å². The van der Waals surface area contributed by atoms with E-state index in [9.17, 15) is 4.79 Å². The van der Waals surface area contributed by atoms with Gasteiger partial charge < -0.3 is 10.1 Å². The maximum Gasteiger partial charge on any atom is 0.308 e. The monoisotopic (exact) mass is 213 g/mol. The topological polar surface area (TPSA) is 38.3 Å². The van der Waals surface area contributed by atoms with Gasteiger partial charge in [-0.05, 0) is 37.6 Å². The smallest absolute Gasteiger partial charge is 0.308 e. The Kier molecular flexibility index (Phi) is 4.58. The molecule has 0 aromatic rings. The van der Waals surface area contributed by atoms with Crippen LogP contribution < -0.4 is 5.32 Å². The van der Waals surface area contributed by atoms with Crippen molar-refractivity contribution in [3.05, 3.63) is 0 Å². The highest BCUT2D eigenvalue weighted by Crippen LogP contribution is 2.49. The highest BCUT2D eigenvalue weighted by molar-refractivity contribution is 5.73. The van der Waals surface area contributed by atoms with E-state index < -0.39 is 0 Å². The molecule has 1 saturated heterocycles. The second-order valence-corrected chi connectivity index (χ2v) is 4.41. The minimum absolute atomic E-state index is 0.0174. The average molecular weight is 213 g/mol. The maximum absolute atomic E-state index is 11.2. The lowest BCUT2D eigenvalue weighted by molar-refractivity contribution is -0.154. The fourth-order valence-corrected chi connectivity index (χ4v) is 2.70. The van der Waals surface area contributed by atoms with Gasteiger partial charge in [-0.3, -0.25) is 4.79 Å². The summed E-state index contributed by atoms with van der Waals surface area (Å²) in [5.41, 5.74) is 0.442. The number of ether oxygens (including phenoxy) is 1. The van der Waals surface area contributed by atoms with E-state index in [2.05, 4.69) is 5.32 Å². The molecule has 0 atom stereocenters. The first-order valence-corrected chi connectivity index (χ1v) is 6.04. The number of rotatable bonds is 1. The van der Waals surface area contributed by atoms with Crippen LogP contribution in [0, 0.1) is 11.3 Å². The minimum atomic E-state index is -0.0174. The van der Waals surface area contributed by atoms with Crippen molar-refractivity contribution >= 4 is 5.97 Å². The van der Waals surface area contributed by atoms with Gasteiger partial charge in [-0.2, -0.15) is 0 Å². The Labute approximate surface area is 92.6 Å². The average Bonchev–Trinajstić information content (AvgIpc) is 2.28. The molecule has 2 rings (SSSR count). The molecule has 88 valence electrons. The van der Waals surface area contributed by atoms with E-state index in [-0.39, 0.29) is 11.9 Å². The first-order valence-electron chi connectivity index (χ1n) is 6.04. The van der Waals surface area contributed by atoms with Crippen molar-refractivity contribution < 1.29 is 9.53 Å². The number of hydrogen-bond donors (Lipinski definition) is 1. The largest absolute Gasteiger partial charge is 0.469 e. The molecule has 1 spiro atoms. The standard InChI is InChI=1S/C10H17NO2.C2H6/c1-13-9(12)8-5-10(6-8)3-2-4-11-7-10;1-2/h8,11H,2-7H2,1H3;1-2H3. The molecule has 0 amide bonds. The van der Waals surface area contributed by atoms with Gasteiger partial charge in [0.15, 0.2) is 0 Å². The van der Waals surface area contributed by atoms with Crippen LogP contribution in [0.2, 0.25) is 0 Å². The number of piperidine rings is 1. The highest BCUT2D eigenvalue weighted by Gasteiger charge is 2.47. The molecule has 0 aromatic carbocycles. The van der Waals surface area contributed by atoms with Crippen LogP contribution in [0.3, 0.4) is 0 Å². The minimum Gasteiger partial charge on any atom is -0.469 e. The van der Waals surface area contributed by atoms with Crippen LogP contribution in [0.25, 0.3) is 0 Å². The molecule has 1 aliphatic carbocycles. The molecule has 0 bridgehead atoms. The van der Waals surface area contributed by atoms with Gasteiger partial charge in [0.2, 0.25) is 0 Å². The van der Waals surface area contributed by atoms with Crippen LogP contribution in [0.4, 0.5) is 0 Å². The molecule has 1 saturated carbocycles. The molecule has 0 aromatic heterocycles. The number of nitrogens with one attached hydrogen (secondary N) is 1. The molecule has 1 heterocycles. The molecule has 0 radical (unpaired) electrons. The third kappa shape index (κ3) is 2.71. The van der Waals surface area contributed by atoms with E-state index in [1.807, 2.05) is 13.8 Å². The zero-order valence-electron chi connectivity index (χ0n) is 10.1. The summed E-state index contributed by atoms with van der Waals surface area (Å²) in [4.78, 5) is 11.2. The summed E-state index contributed by atoms with van der Waals surface area (Å²) in [6, 6.07) is 0. The Balaban J connectivity index is 0.000000531. The number of carbonyl (C=O) groups excluding carboxylic acids is 1. The Bertz CT molecular complexity index is 202. The van der Waals surface area contributed by atoms with Crippen molar-refractivity contribution in [3.8, 4) is 0 Å². The zero-order chi connectivity index (χ0) is 11.3. The fraction of sp³-hybridized carbons (Fsp3) is 0.917. The molecular weight excluding hydrogens is 190 g/mol. The van der Waals surface area contributed by atoms with Crippen molar-refractivity contribution in [1.29, 1.82) is 0 Å². The second kappa shape index (κ2) is 5.50. The Morgan fingerprint density at radius 3 is 2.53 bits per heavy atom. The van der Waals surface area contributed by atoms with Crippen LogP contribution >= 0.6 is 0 Å². The van der Waals surface area contributed by atoms with Crippen LogP contribution in [0.15, 0.2) is 0 Å². The summed E-state index contributed by atoms with van der Waals surface area (Å²) in [5, 5.41) is 3.40. The van der Waals surface area contributed by atoms with Gasteiger partial charge in [0, 0.05) is 6.54 Å². The Morgan fingerprint density at radius 2 is 2.07 bits per heavy atom. The summed E-state index contributed by atoms with van der Waals surface area (Å²) >= 11 is 0. The predicted octanol–water partition coefficient (Wildman–Crippen LogP) is 1.97. The number of hydrogen-bond acceptors (Lipinski definition) is 3. The highest BCUT2D eigenvalue weighted by atomic mass is 16.5. The first kappa shape index (κ1) is 12.5. The van der Waals surface area contributed by atoms with Gasteiger partial charge in [-0.25, -0.2) is 0 Å². The van der Waals surface area contributed by atoms with Gasteiger partial charge in [0.25, 0.3) is 0 Å².